The normalized spacial score (nSPS) is 11.5. The first kappa shape index (κ1) is 16.3. The Balaban J connectivity index is 2.88. The molecule has 0 radical (unpaired) electrons. The number of anilines is 1. The van der Waals surface area contributed by atoms with E-state index in [0.717, 1.165) is 12.1 Å². The minimum atomic E-state index is -4.44. The Morgan fingerprint density at radius 1 is 1.35 bits per heavy atom. The van der Waals surface area contributed by atoms with Gasteiger partial charge in [0.25, 0.3) is 0 Å². The topological polar surface area (TPSA) is 36.3 Å². The summed E-state index contributed by atoms with van der Waals surface area (Å²) in [6.45, 7) is 4.75. The molecule has 6 heteroatoms. The number of hydrogen-bond donors (Lipinski definition) is 0. The van der Waals surface area contributed by atoms with E-state index in [4.69, 9.17) is 10.00 Å². The quantitative estimate of drug-likeness (QED) is 0.832. The van der Waals surface area contributed by atoms with E-state index in [-0.39, 0.29) is 11.7 Å². The van der Waals surface area contributed by atoms with Gasteiger partial charge >= 0.3 is 6.18 Å². The maximum atomic E-state index is 12.6. The number of hydrogen-bond acceptors (Lipinski definition) is 3. The van der Waals surface area contributed by atoms with Crippen molar-refractivity contribution >= 4 is 5.69 Å². The van der Waals surface area contributed by atoms with E-state index in [1.807, 2.05) is 13.8 Å². The number of likely N-dealkylation sites (N-methyl/N-ethyl adjacent to an activating group) is 1. The fourth-order valence-corrected chi connectivity index (χ4v) is 1.68. The van der Waals surface area contributed by atoms with E-state index in [1.54, 1.807) is 18.0 Å². The average Bonchev–Trinajstić information content (AvgIpc) is 2.36. The first-order valence-electron chi connectivity index (χ1n) is 6.19. The SMILES string of the molecule is CC(C)OCCN(C)c1ccc(C(F)(F)F)cc1C#N. The Bertz CT molecular complexity index is 492. The van der Waals surface area contributed by atoms with Crippen molar-refractivity contribution < 1.29 is 17.9 Å². The molecule has 0 aliphatic carbocycles. The first-order chi connectivity index (χ1) is 9.25. The number of rotatable bonds is 5. The standard InChI is InChI=1S/C14H17F3N2O/c1-10(2)20-7-6-19(3)13-5-4-12(14(15,16)17)8-11(13)9-18/h4-5,8,10H,6-7H2,1-3H3. The summed E-state index contributed by atoms with van der Waals surface area (Å²) < 4.78 is 43.1. The summed E-state index contributed by atoms with van der Waals surface area (Å²) in [6, 6.07) is 4.97. The van der Waals surface area contributed by atoms with Crippen LogP contribution in [-0.2, 0) is 10.9 Å². The van der Waals surface area contributed by atoms with E-state index >= 15 is 0 Å². The lowest BCUT2D eigenvalue weighted by Crippen LogP contribution is -2.24. The van der Waals surface area contributed by atoms with Gasteiger partial charge in [0, 0.05) is 13.6 Å². The van der Waals surface area contributed by atoms with Crippen LogP contribution in [0.25, 0.3) is 0 Å². The first-order valence-corrected chi connectivity index (χ1v) is 6.19. The molecule has 0 spiro atoms. The van der Waals surface area contributed by atoms with Gasteiger partial charge in [-0.2, -0.15) is 18.4 Å². The molecule has 0 saturated heterocycles. The van der Waals surface area contributed by atoms with E-state index in [0.29, 0.717) is 18.8 Å². The highest BCUT2D eigenvalue weighted by molar-refractivity contribution is 5.60. The monoisotopic (exact) mass is 286 g/mol. The predicted molar refractivity (Wildman–Crippen MR) is 70.5 cm³/mol. The van der Waals surface area contributed by atoms with Gasteiger partial charge in [-0.05, 0) is 32.0 Å². The van der Waals surface area contributed by atoms with Crippen molar-refractivity contribution in [3.05, 3.63) is 29.3 Å². The van der Waals surface area contributed by atoms with Crippen LogP contribution in [-0.4, -0.2) is 26.3 Å². The zero-order chi connectivity index (χ0) is 15.3. The number of halogens is 3. The molecule has 0 unspecified atom stereocenters. The van der Waals surface area contributed by atoms with Crippen molar-refractivity contribution in [1.82, 2.24) is 0 Å². The average molecular weight is 286 g/mol. The summed E-state index contributed by atoms with van der Waals surface area (Å²) in [7, 11) is 1.72. The van der Waals surface area contributed by atoms with Crippen LogP contribution in [0.4, 0.5) is 18.9 Å². The van der Waals surface area contributed by atoms with Crippen molar-refractivity contribution in [1.29, 1.82) is 5.26 Å². The fraction of sp³-hybridized carbons (Fsp3) is 0.500. The van der Waals surface area contributed by atoms with E-state index < -0.39 is 11.7 Å². The van der Waals surface area contributed by atoms with E-state index in [2.05, 4.69) is 0 Å². The molecule has 1 aromatic rings. The van der Waals surface area contributed by atoms with Gasteiger partial charge in [0.15, 0.2) is 0 Å². The number of nitrogens with zero attached hydrogens (tertiary/aromatic N) is 2. The van der Waals surface area contributed by atoms with Gasteiger partial charge in [0.2, 0.25) is 0 Å². The molecule has 3 nitrogen and oxygen atoms in total. The Morgan fingerprint density at radius 3 is 2.50 bits per heavy atom. The molecular formula is C14H17F3N2O. The van der Waals surface area contributed by atoms with Crippen LogP contribution in [0, 0.1) is 11.3 Å². The molecule has 0 heterocycles. The molecule has 0 fully saturated rings. The summed E-state index contributed by atoms with van der Waals surface area (Å²) in [5.41, 5.74) is -0.343. The lowest BCUT2D eigenvalue weighted by atomic mass is 10.1. The van der Waals surface area contributed by atoms with Crippen molar-refractivity contribution in [3.63, 3.8) is 0 Å². The maximum Gasteiger partial charge on any atom is 0.416 e. The molecule has 1 aromatic carbocycles. The largest absolute Gasteiger partial charge is 0.416 e. The maximum absolute atomic E-state index is 12.6. The Labute approximate surface area is 116 Å². The molecule has 0 saturated carbocycles. The molecule has 110 valence electrons. The van der Waals surface area contributed by atoms with Gasteiger partial charge in [-0.3, -0.25) is 0 Å². The zero-order valence-electron chi connectivity index (χ0n) is 11.7. The van der Waals surface area contributed by atoms with E-state index in [9.17, 15) is 13.2 Å². The molecule has 20 heavy (non-hydrogen) atoms. The summed E-state index contributed by atoms with van der Waals surface area (Å²) >= 11 is 0. The van der Waals surface area contributed by atoms with Gasteiger partial charge in [0.1, 0.15) is 6.07 Å². The number of ether oxygens (including phenoxy) is 1. The predicted octanol–water partition coefficient (Wildman–Crippen LogP) is 3.44. The Morgan fingerprint density at radius 2 is 2.00 bits per heavy atom. The minimum Gasteiger partial charge on any atom is -0.377 e. The molecule has 0 amide bonds. The number of benzene rings is 1. The molecule has 0 aromatic heterocycles. The van der Waals surface area contributed by atoms with Gasteiger partial charge in [0.05, 0.1) is 29.5 Å². The van der Waals surface area contributed by atoms with Crippen LogP contribution in [0.2, 0.25) is 0 Å². The molecule has 0 bridgehead atoms. The summed E-state index contributed by atoms with van der Waals surface area (Å²) in [6.07, 6.45) is -4.35. The molecule has 0 aliphatic heterocycles. The van der Waals surface area contributed by atoms with Crippen LogP contribution in [0.1, 0.15) is 25.0 Å². The molecule has 0 atom stereocenters. The Kier molecular flexibility index (Phi) is 5.40. The third kappa shape index (κ3) is 4.42. The highest BCUT2D eigenvalue weighted by Gasteiger charge is 2.31. The van der Waals surface area contributed by atoms with Crippen molar-refractivity contribution in [3.8, 4) is 6.07 Å². The van der Waals surface area contributed by atoms with Crippen LogP contribution in [0.5, 0.6) is 0 Å². The second-order valence-corrected chi connectivity index (χ2v) is 4.68. The van der Waals surface area contributed by atoms with Gasteiger partial charge in [-0.15, -0.1) is 0 Å². The summed E-state index contributed by atoms with van der Waals surface area (Å²) in [5.74, 6) is 0. The van der Waals surface area contributed by atoms with Gasteiger partial charge in [-0.1, -0.05) is 0 Å². The number of nitriles is 1. The lowest BCUT2D eigenvalue weighted by molar-refractivity contribution is -0.137. The third-order valence-corrected chi connectivity index (χ3v) is 2.73. The van der Waals surface area contributed by atoms with Crippen molar-refractivity contribution in [2.45, 2.75) is 26.1 Å². The Hall–Kier alpha value is -1.74. The van der Waals surface area contributed by atoms with Crippen LogP contribution in [0.15, 0.2) is 18.2 Å². The van der Waals surface area contributed by atoms with Crippen LogP contribution in [0.3, 0.4) is 0 Å². The van der Waals surface area contributed by atoms with Crippen molar-refractivity contribution in [2.24, 2.45) is 0 Å². The molecule has 1 rings (SSSR count). The number of alkyl halides is 3. The second-order valence-electron chi connectivity index (χ2n) is 4.68. The van der Waals surface area contributed by atoms with Crippen molar-refractivity contribution in [2.75, 3.05) is 25.1 Å². The summed E-state index contributed by atoms with van der Waals surface area (Å²) in [4.78, 5) is 1.71. The second kappa shape index (κ2) is 6.62. The van der Waals surface area contributed by atoms with Gasteiger partial charge in [-0.25, -0.2) is 0 Å². The van der Waals surface area contributed by atoms with Crippen LogP contribution >= 0.6 is 0 Å². The zero-order valence-corrected chi connectivity index (χ0v) is 11.7. The molecule has 0 aliphatic rings. The fourth-order valence-electron chi connectivity index (χ4n) is 1.68. The smallest absolute Gasteiger partial charge is 0.377 e. The molecular weight excluding hydrogens is 269 g/mol. The third-order valence-electron chi connectivity index (χ3n) is 2.73. The van der Waals surface area contributed by atoms with Crippen LogP contribution < -0.4 is 4.90 Å². The molecule has 0 N–H and O–H groups in total. The summed E-state index contributed by atoms with van der Waals surface area (Å²) in [5, 5.41) is 9.00. The highest BCUT2D eigenvalue weighted by atomic mass is 19.4. The minimum absolute atomic E-state index is 0.00636. The lowest BCUT2D eigenvalue weighted by Gasteiger charge is -2.22. The van der Waals surface area contributed by atoms with E-state index in [1.165, 1.54) is 6.07 Å². The van der Waals surface area contributed by atoms with Gasteiger partial charge < -0.3 is 9.64 Å². The highest BCUT2D eigenvalue weighted by Crippen LogP contribution is 2.32.